The van der Waals surface area contributed by atoms with Crippen molar-refractivity contribution in [3.8, 4) is 0 Å². The van der Waals surface area contributed by atoms with Gasteiger partial charge in [0.2, 0.25) is 0 Å². The second-order valence-corrected chi connectivity index (χ2v) is 6.70. The van der Waals surface area contributed by atoms with Gasteiger partial charge in [0.15, 0.2) is 0 Å². The molecule has 28 heavy (non-hydrogen) atoms. The fraction of sp³-hybridized carbons (Fsp3) is 0.0769. The summed E-state index contributed by atoms with van der Waals surface area (Å²) in [7, 11) is 0. The van der Waals surface area contributed by atoms with E-state index in [-0.39, 0.29) is 6.04 Å². The van der Waals surface area contributed by atoms with Gasteiger partial charge >= 0.3 is 0 Å². The van der Waals surface area contributed by atoms with Crippen molar-refractivity contribution in [1.82, 2.24) is 4.98 Å². The fourth-order valence-electron chi connectivity index (χ4n) is 3.32. The summed E-state index contributed by atoms with van der Waals surface area (Å²) in [4.78, 5) is 9.57. The molecule has 0 spiro atoms. The lowest BCUT2D eigenvalue weighted by Crippen LogP contribution is -2.09. The highest BCUT2D eigenvalue weighted by atomic mass is 14.8. The van der Waals surface area contributed by atoms with Gasteiger partial charge in [0.05, 0.1) is 11.8 Å². The van der Waals surface area contributed by atoms with Crippen molar-refractivity contribution in [1.29, 1.82) is 0 Å². The van der Waals surface area contributed by atoms with Crippen LogP contribution in [0.25, 0.3) is 0 Å². The van der Waals surface area contributed by atoms with Gasteiger partial charge in [-0.15, -0.1) is 0 Å². The van der Waals surface area contributed by atoms with Crippen LogP contribution in [0.3, 0.4) is 0 Å². The molecule has 0 radical (unpaired) electrons. The predicted molar refractivity (Wildman–Crippen MR) is 116 cm³/mol. The van der Waals surface area contributed by atoms with Crippen LogP contribution in [-0.4, -0.2) is 10.7 Å². The van der Waals surface area contributed by atoms with Crippen molar-refractivity contribution >= 4 is 5.71 Å². The van der Waals surface area contributed by atoms with Gasteiger partial charge in [-0.05, 0) is 29.7 Å². The Balaban J connectivity index is 1.81. The van der Waals surface area contributed by atoms with Crippen molar-refractivity contribution < 1.29 is 0 Å². The normalized spacial score (nSPS) is 12.5. The summed E-state index contributed by atoms with van der Waals surface area (Å²) >= 11 is 0. The van der Waals surface area contributed by atoms with E-state index in [2.05, 4.69) is 89.9 Å². The molecule has 0 aliphatic heterocycles. The lowest BCUT2D eigenvalue weighted by atomic mass is 9.97. The van der Waals surface area contributed by atoms with Crippen LogP contribution in [0, 0.1) is 0 Å². The van der Waals surface area contributed by atoms with E-state index in [1.54, 1.807) is 6.20 Å². The van der Waals surface area contributed by atoms with Gasteiger partial charge in [0, 0.05) is 23.5 Å². The smallest absolute Gasteiger partial charge is 0.0797 e. The second-order valence-electron chi connectivity index (χ2n) is 6.70. The molecule has 1 atom stereocenters. The molecular formula is C26H22N2. The summed E-state index contributed by atoms with van der Waals surface area (Å²) < 4.78 is 0. The SMILES string of the molecule is c1ccc(C[C@H](N=C(c2ccccc2)c2cccnc2)c2ccccc2)cc1. The zero-order valence-corrected chi connectivity index (χ0v) is 15.6. The second kappa shape index (κ2) is 8.92. The maximum Gasteiger partial charge on any atom is 0.0797 e. The molecule has 1 aromatic heterocycles. The number of hydrogen-bond donors (Lipinski definition) is 0. The Morgan fingerprint density at radius 2 is 1.29 bits per heavy atom. The minimum atomic E-state index is 0.0269. The van der Waals surface area contributed by atoms with Gasteiger partial charge in [-0.2, -0.15) is 0 Å². The summed E-state index contributed by atoms with van der Waals surface area (Å²) in [5.74, 6) is 0. The topological polar surface area (TPSA) is 25.2 Å². The fourth-order valence-corrected chi connectivity index (χ4v) is 3.32. The molecule has 136 valence electrons. The van der Waals surface area contributed by atoms with E-state index in [4.69, 9.17) is 4.99 Å². The van der Waals surface area contributed by atoms with Crippen LogP contribution in [0.5, 0.6) is 0 Å². The Morgan fingerprint density at radius 3 is 1.93 bits per heavy atom. The Morgan fingerprint density at radius 1 is 0.679 bits per heavy atom. The monoisotopic (exact) mass is 362 g/mol. The molecule has 0 fully saturated rings. The Bertz CT molecular complexity index is 970. The van der Waals surface area contributed by atoms with E-state index in [9.17, 15) is 0 Å². The predicted octanol–water partition coefficient (Wildman–Crippen LogP) is 5.90. The largest absolute Gasteiger partial charge is 0.276 e. The van der Waals surface area contributed by atoms with Crippen molar-refractivity contribution in [2.45, 2.75) is 12.5 Å². The van der Waals surface area contributed by atoms with Crippen molar-refractivity contribution in [2.24, 2.45) is 4.99 Å². The van der Waals surface area contributed by atoms with Crippen molar-refractivity contribution in [3.05, 3.63) is 138 Å². The summed E-state index contributed by atoms with van der Waals surface area (Å²) in [6, 6.07) is 35.5. The molecule has 4 aromatic rings. The molecule has 2 nitrogen and oxygen atoms in total. The number of aliphatic imine (C=N–C) groups is 1. The highest BCUT2D eigenvalue weighted by Crippen LogP contribution is 2.25. The Hall–Kier alpha value is -3.52. The van der Waals surface area contributed by atoms with E-state index in [1.165, 1.54) is 11.1 Å². The molecule has 0 amide bonds. The highest BCUT2D eigenvalue weighted by Gasteiger charge is 2.15. The number of rotatable bonds is 6. The zero-order chi connectivity index (χ0) is 19.0. The van der Waals surface area contributed by atoms with Crippen molar-refractivity contribution in [2.75, 3.05) is 0 Å². The first-order chi connectivity index (χ1) is 13.9. The third kappa shape index (κ3) is 4.41. The first kappa shape index (κ1) is 17.9. The first-order valence-electron chi connectivity index (χ1n) is 9.52. The third-order valence-electron chi connectivity index (χ3n) is 4.72. The molecule has 0 bridgehead atoms. The van der Waals surface area contributed by atoms with Crippen LogP contribution in [0.4, 0.5) is 0 Å². The van der Waals surface area contributed by atoms with E-state index >= 15 is 0 Å². The molecule has 2 heteroatoms. The molecule has 0 N–H and O–H groups in total. The minimum Gasteiger partial charge on any atom is -0.276 e. The quantitative estimate of drug-likeness (QED) is 0.392. The molecule has 0 unspecified atom stereocenters. The molecule has 0 aliphatic carbocycles. The summed E-state index contributed by atoms with van der Waals surface area (Å²) in [6.07, 6.45) is 4.53. The Labute approximate surface area is 166 Å². The molecule has 0 saturated carbocycles. The standard InChI is InChI=1S/C26H22N2/c1-4-11-21(12-5-1)19-25(22-13-6-2-7-14-22)28-26(23-15-8-3-9-16-23)24-17-10-18-27-20-24/h1-18,20,25H,19H2/t25-/m0/s1. The number of aromatic nitrogens is 1. The first-order valence-corrected chi connectivity index (χ1v) is 9.52. The molecule has 0 saturated heterocycles. The minimum absolute atomic E-state index is 0.0269. The van der Waals surface area contributed by atoms with Crippen LogP contribution in [-0.2, 0) is 6.42 Å². The van der Waals surface area contributed by atoms with Crippen LogP contribution < -0.4 is 0 Å². The highest BCUT2D eigenvalue weighted by molar-refractivity contribution is 6.12. The average molecular weight is 362 g/mol. The van der Waals surface area contributed by atoms with E-state index in [0.29, 0.717) is 0 Å². The van der Waals surface area contributed by atoms with Gasteiger partial charge in [-0.1, -0.05) is 91.0 Å². The maximum atomic E-state index is 5.26. The number of pyridine rings is 1. The average Bonchev–Trinajstić information content (AvgIpc) is 2.79. The molecule has 4 rings (SSSR count). The summed E-state index contributed by atoms with van der Waals surface area (Å²) in [5.41, 5.74) is 5.59. The lowest BCUT2D eigenvalue weighted by molar-refractivity contribution is 0.725. The zero-order valence-electron chi connectivity index (χ0n) is 15.6. The van der Waals surface area contributed by atoms with Crippen LogP contribution in [0.2, 0.25) is 0 Å². The van der Waals surface area contributed by atoms with Crippen LogP contribution >= 0.6 is 0 Å². The van der Waals surface area contributed by atoms with Gasteiger partial charge in [0.1, 0.15) is 0 Å². The van der Waals surface area contributed by atoms with Crippen molar-refractivity contribution in [3.63, 3.8) is 0 Å². The number of benzene rings is 3. The van der Waals surface area contributed by atoms with Gasteiger partial charge in [-0.3, -0.25) is 9.98 Å². The molecular weight excluding hydrogens is 340 g/mol. The van der Waals surface area contributed by atoms with E-state index < -0.39 is 0 Å². The molecule has 1 heterocycles. The van der Waals surface area contributed by atoms with Gasteiger partial charge in [0.25, 0.3) is 0 Å². The maximum absolute atomic E-state index is 5.26. The number of nitrogens with zero attached hydrogens (tertiary/aromatic N) is 2. The molecule has 3 aromatic carbocycles. The van der Waals surface area contributed by atoms with Gasteiger partial charge < -0.3 is 0 Å². The Kier molecular flexibility index (Phi) is 5.69. The summed E-state index contributed by atoms with van der Waals surface area (Å²) in [6.45, 7) is 0. The summed E-state index contributed by atoms with van der Waals surface area (Å²) in [5, 5.41) is 0. The lowest BCUT2D eigenvalue weighted by Gasteiger charge is -2.17. The molecule has 0 aliphatic rings. The number of hydrogen-bond acceptors (Lipinski definition) is 2. The van der Waals surface area contributed by atoms with Crippen LogP contribution in [0.15, 0.2) is 121 Å². The third-order valence-corrected chi connectivity index (χ3v) is 4.72. The van der Waals surface area contributed by atoms with E-state index in [1.807, 2.05) is 24.4 Å². The van der Waals surface area contributed by atoms with Crippen LogP contribution in [0.1, 0.15) is 28.3 Å². The van der Waals surface area contributed by atoms with Gasteiger partial charge in [-0.25, -0.2) is 0 Å². The van der Waals surface area contributed by atoms with E-state index in [0.717, 1.165) is 23.3 Å².